The molecule has 5 heteroatoms. The van der Waals surface area contributed by atoms with Gasteiger partial charge in [0.15, 0.2) is 0 Å². The largest absolute Gasteiger partial charge is 0.349 e. The minimum Gasteiger partial charge on any atom is -0.349 e. The number of benzene rings is 1. The lowest BCUT2D eigenvalue weighted by Gasteiger charge is -2.17. The SMILES string of the molecule is CCC(NC(=O)CCn1cc(Br)c(C)n1)c1ccc(C)cc1. The van der Waals surface area contributed by atoms with Crippen molar-refractivity contribution in [1.29, 1.82) is 0 Å². The monoisotopic (exact) mass is 363 g/mol. The number of rotatable bonds is 6. The molecule has 118 valence electrons. The third-order valence-corrected chi connectivity index (χ3v) is 4.46. The first-order chi connectivity index (χ1) is 10.5. The molecule has 0 radical (unpaired) electrons. The van der Waals surface area contributed by atoms with Gasteiger partial charge in [-0.25, -0.2) is 0 Å². The van der Waals surface area contributed by atoms with E-state index in [-0.39, 0.29) is 11.9 Å². The van der Waals surface area contributed by atoms with E-state index >= 15 is 0 Å². The van der Waals surface area contributed by atoms with E-state index in [1.807, 2.05) is 13.1 Å². The molecule has 0 spiro atoms. The highest BCUT2D eigenvalue weighted by atomic mass is 79.9. The number of hydrogen-bond acceptors (Lipinski definition) is 2. The van der Waals surface area contributed by atoms with E-state index in [2.05, 4.69) is 64.5 Å². The average Bonchev–Trinajstić information content (AvgIpc) is 2.82. The molecule has 2 rings (SSSR count). The summed E-state index contributed by atoms with van der Waals surface area (Å²) in [4.78, 5) is 12.2. The number of aromatic nitrogens is 2. The Hall–Kier alpha value is -1.62. The predicted molar refractivity (Wildman–Crippen MR) is 91.6 cm³/mol. The highest BCUT2D eigenvalue weighted by molar-refractivity contribution is 9.10. The van der Waals surface area contributed by atoms with Gasteiger partial charge in [0.05, 0.1) is 16.2 Å². The summed E-state index contributed by atoms with van der Waals surface area (Å²) in [5.41, 5.74) is 3.31. The Bertz CT molecular complexity index is 614. The number of amides is 1. The number of aryl methyl sites for hydroxylation is 3. The molecule has 0 saturated carbocycles. The number of hydrogen-bond donors (Lipinski definition) is 1. The van der Waals surface area contributed by atoms with Crippen LogP contribution in [0.3, 0.4) is 0 Å². The lowest BCUT2D eigenvalue weighted by molar-refractivity contribution is -0.122. The Morgan fingerprint density at radius 3 is 2.55 bits per heavy atom. The Morgan fingerprint density at radius 1 is 1.32 bits per heavy atom. The third kappa shape index (κ3) is 4.44. The molecular formula is C17H22BrN3O. The van der Waals surface area contributed by atoms with Gasteiger partial charge >= 0.3 is 0 Å². The van der Waals surface area contributed by atoms with Crippen LogP contribution in [0, 0.1) is 13.8 Å². The summed E-state index contributed by atoms with van der Waals surface area (Å²) in [6.07, 6.45) is 3.21. The fraction of sp³-hybridized carbons (Fsp3) is 0.412. The molecule has 0 saturated heterocycles. The molecule has 4 nitrogen and oxygen atoms in total. The molecule has 0 bridgehead atoms. The number of nitrogens with zero attached hydrogens (tertiary/aromatic N) is 2. The molecule has 0 aliphatic heterocycles. The Morgan fingerprint density at radius 2 is 2.00 bits per heavy atom. The Balaban J connectivity index is 1.90. The maximum absolute atomic E-state index is 12.2. The lowest BCUT2D eigenvalue weighted by Crippen LogP contribution is -2.28. The van der Waals surface area contributed by atoms with Crippen molar-refractivity contribution in [2.24, 2.45) is 0 Å². The molecule has 22 heavy (non-hydrogen) atoms. The Kier molecular flexibility index (Phi) is 5.77. The maximum atomic E-state index is 12.2. The van der Waals surface area contributed by atoms with E-state index in [1.54, 1.807) is 4.68 Å². The molecule has 1 heterocycles. The van der Waals surface area contributed by atoms with Gasteiger partial charge in [0, 0.05) is 19.2 Å². The van der Waals surface area contributed by atoms with Gasteiger partial charge in [-0.1, -0.05) is 36.8 Å². The number of carbonyl (C=O) groups excluding carboxylic acids is 1. The van der Waals surface area contributed by atoms with Crippen molar-refractivity contribution in [2.75, 3.05) is 0 Å². The molecule has 1 unspecified atom stereocenters. The summed E-state index contributed by atoms with van der Waals surface area (Å²) in [6, 6.07) is 8.39. The standard InChI is InChI=1S/C17H22BrN3O/c1-4-16(14-7-5-12(2)6-8-14)19-17(22)9-10-21-11-15(18)13(3)20-21/h5-8,11,16H,4,9-10H2,1-3H3,(H,19,22). The molecule has 1 aromatic heterocycles. The van der Waals surface area contributed by atoms with Crippen LogP contribution in [0.5, 0.6) is 0 Å². The van der Waals surface area contributed by atoms with Crippen LogP contribution in [-0.4, -0.2) is 15.7 Å². The Labute approximate surface area is 140 Å². The smallest absolute Gasteiger partial charge is 0.222 e. The van der Waals surface area contributed by atoms with Gasteiger partial charge in [0.1, 0.15) is 0 Å². The van der Waals surface area contributed by atoms with Crippen molar-refractivity contribution >= 4 is 21.8 Å². The zero-order valence-corrected chi connectivity index (χ0v) is 14.9. The molecule has 1 N–H and O–H groups in total. The van der Waals surface area contributed by atoms with E-state index in [4.69, 9.17) is 0 Å². The second-order valence-electron chi connectivity index (χ2n) is 5.51. The molecule has 1 amide bonds. The highest BCUT2D eigenvalue weighted by Crippen LogP contribution is 2.17. The molecule has 1 aromatic carbocycles. The first kappa shape index (κ1) is 16.7. The van der Waals surface area contributed by atoms with Crippen molar-refractivity contribution in [1.82, 2.24) is 15.1 Å². The molecule has 2 aromatic rings. The van der Waals surface area contributed by atoms with E-state index in [9.17, 15) is 4.79 Å². The van der Waals surface area contributed by atoms with Crippen LogP contribution in [0.1, 0.15) is 42.6 Å². The van der Waals surface area contributed by atoms with Crippen LogP contribution in [0.2, 0.25) is 0 Å². The van der Waals surface area contributed by atoms with Crippen LogP contribution >= 0.6 is 15.9 Å². The molecule has 0 fully saturated rings. The van der Waals surface area contributed by atoms with Crippen LogP contribution in [-0.2, 0) is 11.3 Å². The maximum Gasteiger partial charge on any atom is 0.222 e. The topological polar surface area (TPSA) is 46.9 Å². The zero-order chi connectivity index (χ0) is 16.1. The van der Waals surface area contributed by atoms with Gasteiger partial charge in [-0.05, 0) is 41.8 Å². The van der Waals surface area contributed by atoms with E-state index in [0.29, 0.717) is 13.0 Å². The van der Waals surface area contributed by atoms with E-state index < -0.39 is 0 Å². The summed E-state index contributed by atoms with van der Waals surface area (Å²) in [5.74, 6) is 0.0525. The fourth-order valence-electron chi connectivity index (χ4n) is 2.31. The van der Waals surface area contributed by atoms with Crippen LogP contribution < -0.4 is 5.32 Å². The van der Waals surface area contributed by atoms with Gasteiger partial charge in [-0.3, -0.25) is 9.48 Å². The fourth-order valence-corrected chi connectivity index (χ4v) is 2.63. The lowest BCUT2D eigenvalue weighted by atomic mass is 10.0. The van der Waals surface area contributed by atoms with E-state index in [1.165, 1.54) is 5.56 Å². The third-order valence-electron chi connectivity index (χ3n) is 3.68. The average molecular weight is 364 g/mol. The molecule has 1 atom stereocenters. The number of nitrogens with one attached hydrogen (secondary N) is 1. The highest BCUT2D eigenvalue weighted by Gasteiger charge is 2.13. The number of halogens is 1. The summed E-state index contributed by atoms with van der Waals surface area (Å²) < 4.78 is 2.77. The minimum atomic E-state index is 0.0525. The summed E-state index contributed by atoms with van der Waals surface area (Å²) >= 11 is 3.43. The first-order valence-corrected chi connectivity index (χ1v) is 8.34. The molecule has 0 aliphatic rings. The second kappa shape index (κ2) is 7.58. The second-order valence-corrected chi connectivity index (χ2v) is 6.37. The number of carbonyl (C=O) groups is 1. The van der Waals surface area contributed by atoms with E-state index in [0.717, 1.165) is 22.2 Å². The van der Waals surface area contributed by atoms with Gasteiger partial charge < -0.3 is 5.32 Å². The first-order valence-electron chi connectivity index (χ1n) is 7.55. The normalized spacial score (nSPS) is 12.2. The summed E-state index contributed by atoms with van der Waals surface area (Å²) in [5, 5.41) is 7.44. The summed E-state index contributed by atoms with van der Waals surface area (Å²) in [7, 11) is 0. The molecule has 0 aliphatic carbocycles. The van der Waals surface area contributed by atoms with Crippen LogP contribution in [0.25, 0.3) is 0 Å². The van der Waals surface area contributed by atoms with Gasteiger partial charge in [-0.15, -0.1) is 0 Å². The van der Waals surface area contributed by atoms with Gasteiger partial charge in [-0.2, -0.15) is 5.10 Å². The van der Waals surface area contributed by atoms with Crippen LogP contribution in [0.15, 0.2) is 34.9 Å². The minimum absolute atomic E-state index is 0.0525. The van der Waals surface area contributed by atoms with Gasteiger partial charge in [0.25, 0.3) is 0 Å². The molecular weight excluding hydrogens is 342 g/mol. The predicted octanol–water partition coefficient (Wildman–Crippen LogP) is 3.92. The van der Waals surface area contributed by atoms with Crippen molar-refractivity contribution in [3.8, 4) is 0 Å². The van der Waals surface area contributed by atoms with Crippen molar-refractivity contribution < 1.29 is 4.79 Å². The quantitative estimate of drug-likeness (QED) is 0.845. The van der Waals surface area contributed by atoms with Crippen molar-refractivity contribution in [3.05, 3.63) is 51.8 Å². The zero-order valence-electron chi connectivity index (χ0n) is 13.3. The van der Waals surface area contributed by atoms with Crippen LogP contribution in [0.4, 0.5) is 0 Å². The van der Waals surface area contributed by atoms with Crippen molar-refractivity contribution in [3.63, 3.8) is 0 Å². The summed E-state index contributed by atoms with van der Waals surface area (Å²) in [6.45, 7) is 6.67. The van der Waals surface area contributed by atoms with Gasteiger partial charge in [0.2, 0.25) is 5.91 Å². The van der Waals surface area contributed by atoms with Crippen molar-refractivity contribution in [2.45, 2.75) is 46.2 Å².